The number of nitrogens with zero attached hydrogens (tertiary/aromatic N) is 1. The summed E-state index contributed by atoms with van der Waals surface area (Å²) in [4.78, 5) is 14.4. The van der Waals surface area contributed by atoms with E-state index in [2.05, 4.69) is 0 Å². The van der Waals surface area contributed by atoms with E-state index in [-0.39, 0.29) is 5.91 Å². The van der Waals surface area contributed by atoms with Crippen molar-refractivity contribution in [3.63, 3.8) is 0 Å². The molecule has 2 heterocycles. The fourth-order valence-corrected chi connectivity index (χ4v) is 3.47. The minimum absolute atomic E-state index is 0.149. The van der Waals surface area contributed by atoms with Crippen molar-refractivity contribution in [2.45, 2.75) is 25.8 Å². The number of anilines is 1. The molecule has 1 aliphatic heterocycles. The van der Waals surface area contributed by atoms with E-state index in [4.69, 9.17) is 11.6 Å². The maximum atomic E-state index is 12.6. The van der Waals surface area contributed by atoms with E-state index in [0.717, 1.165) is 21.2 Å². The summed E-state index contributed by atoms with van der Waals surface area (Å²) in [7, 11) is 0. The lowest BCUT2D eigenvalue weighted by Crippen LogP contribution is -2.35. The summed E-state index contributed by atoms with van der Waals surface area (Å²) in [5, 5.41) is 2.00. The van der Waals surface area contributed by atoms with Crippen LogP contribution in [0.2, 0.25) is 4.34 Å². The third-order valence-electron chi connectivity index (χ3n) is 3.61. The number of rotatable bonds is 2. The van der Waals surface area contributed by atoms with Crippen molar-refractivity contribution in [2.75, 3.05) is 4.90 Å². The van der Waals surface area contributed by atoms with Gasteiger partial charge in [-0.25, -0.2) is 0 Å². The van der Waals surface area contributed by atoms with Gasteiger partial charge in [-0.2, -0.15) is 0 Å². The second kappa shape index (κ2) is 4.36. The predicted octanol–water partition coefficient (Wildman–Crippen LogP) is 4.23. The molecular formula is C15H14ClNOS. The third kappa shape index (κ3) is 1.97. The van der Waals surface area contributed by atoms with Crippen LogP contribution in [0, 0.1) is 0 Å². The van der Waals surface area contributed by atoms with Gasteiger partial charge in [-0.1, -0.05) is 29.8 Å². The zero-order chi connectivity index (χ0) is 13.6. The van der Waals surface area contributed by atoms with Crippen molar-refractivity contribution in [1.29, 1.82) is 0 Å². The lowest BCUT2D eigenvalue weighted by Gasteiger charge is -2.19. The molecule has 0 atom stereocenters. The number of carbonyl (C=O) groups is 1. The fourth-order valence-electron chi connectivity index (χ4n) is 2.57. The van der Waals surface area contributed by atoms with Gasteiger partial charge in [0.25, 0.3) is 0 Å². The second-order valence-electron chi connectivity index (χ2n) is 5.29. The maximum Gasteiger partial charge on any atom is 0.237 e. The standard InChI is InChI=1S/C15H14ClNOS/c1-15(2)11-5-3-4-6-12(11)17(14(15)18)8-10-7-13(16)19-9-10/h3-7,9H,8H2,1-2H3. The number of halogens is 1. The van der Waals surface area contributed by atoms with Gasteiger partial charge in [0.05, 0.1) is 16.3 Å². The molecule has 1 aromatic carbocycles. The van der Waals surface area contributed by atoms with Crippen molar-refractivity contribution in [3.05, 3.63) is 51.2 Å². The van der Waals surface area contributed by atoms with E-state index in [0.29, 0.717) is 6.54 Å². The van der Waals surface area contributed by atoms with Gasteiger partial charge in [0.15, 0.2) is 0 Å². The van der Waals surface area contributed by atoms with Gasteiger partial charge in [-0.05, 0) is 42.5 Å². The Morgan fingerprint density at radius 3 is 2.74 bits per heavy atom. The average Bonchev–Trinajstić information content (AvgIpc) is 2.87. The van der Waals surface area contributed by atoms with Crippen LogP contribution in [0.15, 0.2) is 35.7 Å². The normalized spacial score (nSPS) is 16.8. The summed E-state index contributed by atoms with van der Waals surface area (Å²) >= 11 is 7.45. The Bertz CT molecular complexity index is 647. The molecule has 3 rings (SSSR count). The van der Waals surface area contributed by atoms with Gasteiger partial charge < -0.3 is 4.90 Å². The van der Waals surface area contributed by atoms with E-state index >= 15 is 0 Å². The molecule has 1 aliphatic rings. The van der Waals surface area contributed by atoms with Crippen LogP contribution >= 0.6 is 22.9 Å². The molecule has 0 radical (unpaired) electrons. The van der Waals surface area contributed by atoms with Gasteiger partial charge in [0.2, 0.25) is 5.91 Å². The highest BCUT2D eigenvalue weighted by Gasteiger charge is 2.43. The van der Waals surface area contributed by atoms with Crippen molar-refractivity contribution in [2.24, 2.45) is 0 Å². The number of fused-ring (bicyclic) bond motifs is 1. The summed E-state index contributed by atoms with van der Waals surface area (Å²) in [5.41, 5.74) is 2.74. The third-order valence-corrected chi connectivity index (χ3v) is 4.75. The molecule has 2 nitrogen and oxygen atoms in total. The van der Waals surface area contributed by atoms with Gasteiger partial charge in [-0.15, -0.1) is 11.3 Å². The Morgan fingerprint density at radius 2 is 2.05 bits per heavy atom. The van der Waals surface area contributed by atoms with Crippen molar-refractivity contribution in [1.82, 2.24) is 0 Å². The molecule has 98 valence electrons. The number of benzene rings is 1. The van der Waals surface area contributed by atoms with Crippen LogP contribution < -0.4 is 4.90 Å². The monoisotopic (exact) mass is 291 g/mol. The number of para-hydroxylation sites is 1. The molecule has 0 N–H and O–H groups in total. The predicted molar refractivity (Wildman–Crippen MR) is 80.0 cm³/mol. The first-order valence-electron chi connectivity index (χ1n) is 6.14. The molecule has 0 bridgehead atoms. The second-order valence-corrected chi connectivity index (χ2v) is 6.84. The first-order valence-corrected chi connectivity index (χ1v) is 7.40. The maximum absolute atomic E-state index is 12.6. The van der Waals surface area contributed by atoms with Gasteiger partial charge >= 0.3 is 0 Å². The smallest absolute Gasteiger partial charge is 0.237 e. The van der Waals surface area contributed by atoms with E-state index in [1.54, 1.807) is 0 Å². The number of thiophene rings is 1. The van der Waals surface area contributed by atoms with Crippen LogP contribution in [-0.4, -0.2) is 5.91 Å². The summed E-state index contributed by atoms with van der Waals surface area (Å²) in [5.74, 6) is 0.149. The molecule has 4 heteroatoms. The molecule has 0 aliphatic carbocycles. The minimum atomic E-state index is -0.448. The molecule has 0 saturated heterocycles. The molecule has 0 unspecified atom stereocenters. The Labute approximate surface area is 121 Å². The molecule has 0 fully saturated rings. The summed E-state index contributed by atoms with van der Waals surface area (Å²) < 4.78 is 0.759. The number of hydrogen-bond acceptors (Lipinski definition) is 2. The largest absolute Gasteiger partial charge is 0.307 e. The van der Waals surface area contributed by atoms with Gasteiger partial charge in [0.1, 0.15) is 0 Å². The molecule has 19 heavy (non-hydrogen) atoms. The summed E-state index contributed by atoms with van der Waals surface area (Å²) in [6, 6.07) is 9.93. The highest BCUT2D eigenvalue weighted by atomic mass is 35.5. The Kier molecular flexibility index (Phi) is 2.91. The highest BCUT2D eigenvalue weighted by Crippen LogP contribution is 2.42. The van der Waals surface area contributed by atoms with Gasteiger partial charge in [-0.3, -0.25) is 4.79 Å². The van der Waals surface area contributed by atoms with E-state index in [1.807, 2.05) is 54.5 Å². The molecule has 1 amide bonds. The van der Waals surface area contributed by atoms with E-state index in [1.165, 1.54) is 11.3 Å². The van der Waals surface area contributed by atoms with Crippen LogP contribution in [0.25, 0.3) is 0 Å². The molecule has 0 spiro atoms. The zero-order valence-corrected chi connectivity index (χ0v) is 12.4. The quantitative estimate of drug-likeness (QED) is 0.811. The summed E-state index contributed by atoms with van der Waals surface area (Å²) in [6.07, 6.45) is 0. The molecule has 1 aromatic heterocycles. The van der Waals surface area contributed by atoms with Crippen LogP contribution in [0.3, 0.4) is 0 Å². The van der Waals surface area contributed by atoms with Crippen LogP contribution in [0.4, 0.5) is 5.69 Å². The minimum Gasteiger partial charge on any atom is -0.307 e. The number of hydrogen-bond donors (Lipinski definition) is 0. The van der Waals surface area contributed by atoms with E-state index in [9.17, 15) is 4.79 Å². The highest BCUT2D eigenvalue weighted by molar-refractivity contribution is 7.14. The topological polar surface area (TPSA) is 20.3 Å². The average molecular weight is 292 g/mol. The SMILES string of the molecule is CC1(C)C(=O)N(Cc2csc(Cl)c2)c2ccccc21. The fraction of sp³-hybridized carbons (Fsp3) is 0.267. The molecular weight excluding hydrogens is 278 g/mol. The zero-order valence-electron chi connectivity index (χ0n) is 10.8. The Balaban J connectivity index is 2.01. The van der Waals surface area contributed by atoms with Crippen molar-refractivity contribution >= 4 is 34.5 Å². The first-order chi connectivity index (χ1) is 9.00. The van der Waals surface area contributed by atoms with Crippen LogP contribution in [0.5, 0.6) is 0 Å². The van der Waals surface area contributed by atoms with Crippen molar-refractivity contribution in [3.8, 4) is 0 Å². The van der Waals surface area contributed by atoms with Crippen LogP contribution in [-0.2, 0) is 16.8 Å². The van der Waals surface area contributed by atoms with E-state index < -0.39 is 5.41 Å². The Morgan fingerprint density at radius 1 is 1.32 bits per heavy atom. The Hall–Kier alpha value is -1.32. The lowest BCUT2D eigenvalue weighted by molar-refractivity contribution is -0.122. The molecule has 2 aromatic rings. The number of carbonyl (C=O) groups excluding carboxylic acids is 1. The number of amides is 1. The lowest BCUT2D eigenvalue weighted by atomic mass is 9.86. The van der Waals surface area contributed by atoms with Gasteiger partial charge in [0, 0.05) is 5.69 Å². The molecule has 0 saturated carbocycles. The van der Waals surface area contributed by atoms with Crippen molar-refractivity contribution < 1.29 is 4.79 Å². The first kappa shape index (κ1) is 12.7. The van der Waals surface area contributed by atoms with Crippen LogP contribution in [0.1, 0.15) is 25.0 Å². The summed E-state index contributed by atoms with van der Waals surface area (Å²) in [6.45, 7) is 4.55.